The minimum absolute atomic E-state index is 0.134. The van der Waals surface area contributed by atoms with Gasteiger partial charge in [-0.2, -0.15) is 0 Å². The molecule has 2 aromatic rings. The van der Waals surface area contributed by atoms with Gasteiger partial charge in [0.1, 0.15) is 10.8 Å². The quantitative estimate of drug-likeness (QED) is 0.516. The first-order valence-corrected chi connectivity index (χ1v) is 10.7. The van der Waals surface area contributed by atoms with E-state index in [1.807, 2.05) is 30.3 Å². The summed E-state index contributed by atoms with van der Waals surface area (Å²) in [5.74, 6) is 0.345. The largest absolute Gasteiger partial charge is 0.483 e. The summed E-state index contributed by atoms with van der Waals surface area (Å²) in [4.78, 5) is 23.3. The van der Waals surface area contributed by atoms with Crippen LogP contribution < -0.4 is 20.3 Å². The number of rotatable bonds is 3. The van der Waals surface area contributed by atoms with E-state index < -0.39 is 5.91 Å². The first kappa shape index (κ1) is 20.4. The summed E-state index contributed by atoms with van der Waals surface area (Å²) in [6.45, 7) is 3.49. The van der Waals surface area contributed by atoms with Crippen molar-refractivity contribution in [1.29, 1.82) is 5.41 Å². The predicted molar refractivity (Wildman–Crippen MR) is 121 cm³/mol. The number of aromatic nitrogens is 1. The van der Waals surface area contributed by atoms with Crippen LogP contribution in [0.2, 0.25) is 0 Å². The average Bonchev–Trinajstić information content (AvgIpc) is 3.22. The number of ether oxygens (including phenoxy) is 1. The highest BCUT2D eigenvalue weighted by Gasteiger charge is 2.29. The van der Waals surface area contributed by atoms with Crippen molar-refractivity contribution in [1.82, 2.24) is 10.3 Å². The first-order valence-electron chi connectivity index (χ1n) is 9.84. The van der Waals surface area contributed by atoms with Crippen LogP contribution in [0.5, 0.6) is 5.75 Å². The van der Waals surface area contributed by atoms with E-state index in [0.29, 0.717) is 17.2 Å². The highest BCUT2D eigenvalue weighted by Crippen LogP contribution is 2.31. The van der Waals surface area contributed by atoms with Gasteiger partial charge in [-0.25, -0.2) is 0 Å². The van der Waals surface area contributed by atoms with Gasteiger partial charge in [0.05, 0.1) is 17.6 Å². The van der Waals surface area contributed by atoms with Crippen LogP contribution in [0.4, 0.5) is 11.4 Å². The molecule has 0 radical (unpaired) electrons. The van der Waals surface area contributed by atoms with Gasteiger partial charge in [0, 0.05) is 45.8 Å². The topological polar surface area (TPSA) is 103 Å². The zero-order valence-electron chi connectivity index (χ0n) is 16.7. The third-order valence-electron chi connectivity index (χ3n) is 5.06. The van der Waals surface area contributed by atoms with Crippen LogP contribution in [0.3, 0.4) is 0 Å². The van der Waals surface area contributed by atoms with Gasteiger partial charge in [-0.15, -0.1) is 0 Å². The number of amides is 1. The number of benzene rings is 1. The normalized spacial score (nSPS) is 18.5. The number of nitrogens with one attached hydrogen (secondary N) is 3. The summed E-state index contributed by atoms with van der Waals surface area (Å²) in [5.41, 5.74) is 2.63. The van der Waals surface area contributed by atoms with Gasteiger partial charge < -0.3 is 20.3 Å². The summed E-state index contributed by atoms with van der Waals surface area (Å²) >= 11 is 1.03. The number of aliphatic imine (C=N–C) groups is 1. The number of para-hydroxylation sites is 1. The Morgan fingerprint density at radius 3 is 2.90 bits per heavy atom. The van der Waals surface area contributed by atoms with E-state index in [9.17, 15) is 4.79 Å². The van der Waals surface area contributed by atoms with E-state index in [2.05, 4.69) is 25.5 Å². The van der Waals surface area contributed by atoms with Crippen LogP contribution in [0.1, 0.15) is 5.56 Å². The molecule has 8 nitrogen and oxygen atoms in total. The van der Waals surface area contributed by atoms with Crippen LogP contribution in [0.15, 0.2) is 47.7 Å². The fourth-order valence-electron chi connectivity index (χ4n) is 3.57. The van der Waals surface area contributed by atoms with Crippen molar-refractivity contribution >= 4 is 39.1 Å². The van der Waals surface area contributed by atoms with Crippen LogP contribution in [-0.2, 0) is 11.2 Å². The molecule has 1 amide bonds. The SMILES string of the molecule is CN=C(SC(=N)C(=O)Nc1cnccc1N1CCNCC1)C1Cc2ccccc2O1. The maximum absolute atomic E-state index is 12.7. The Labute approximate surface area is 179 Å². The molecule has 1 aromatic carbocycles. The number of pyridine rings is 1. The van der Waals surface area contributed by atoms with Gasteiger partial charge in [0.2, 0.25) is 0 Å². The molecule has 0 aliphatic carbocycles. The molecular formula is C21H24N6O2S. The van der Waals surface area contributed by atoms with Crippen molar-refractivity contribution in [2.45, 2.75) is 12.5 Å². The van der Waals surface area contributed by atoms with E-state index in [-0.39, 0.29) is 11.1 Å². The molecule has 1 saturated heterocycles. The van der Waals surface area contributed by atoms with Crippen molar-refractivity contribution in [2.75, 3.05) is 43.4 Å². The van der Waals surface area contributed by atoms with Gasteiger partial charge in [0.15, 0.2) is 11.1 Å². The molecule has 1 aromatic heterocycles. The molecule has 9 heteroatoms. The molecule has 3 heterocycles. The summed E-state index contributed by atoms with van der Waals surface area (Å²) in [7, 11) is 1.66. The number of thioether (sulfide) groups is 1. The minimum Gasteiger partial charge on any atom is -0.483 e. The number of fused-ring (bicyclic) bond motifs is 1. The van der Waals surface area contributed by atoms with Gasteiger partial charge in [-0.05, 0) is 29.5 Å². The van der Waals surface area contributed by atoms with Crippen LogP contribution in [0, 0.1) is 5.41 Å². The fourth-order valence-corrected chi connectivity index (χ4v) is 4.28. The summed E-state index contributed by atoms with van der Waals surface area (Å²) in [5, 5.41) is 14.9. The maximum Gasteiger partial charge on any atom is 0.280 e. The molecule has 1 atom stereocenters. The van der Waals surface area contributed by atoms with Crippen LogP contribution >= 0.6 is 11.8 Å². The molecule has 4 rings (SSSR count). The van der Waals surface area contributed by atoms with E-state index >= 15 is 0 Å². The zero-order valence-corrected chi connectivity index (χ0v) is 17.5. The lowest BCUT2D eigenvalue weighted by molar-refractivity contribution is -0.110. The highest BCUT2D eigenvalue weighted by molar-refractivity contribution is 8.28. The molecule has 1 fully saturated rings. The van der Waals surface area contributed by atoms with Gasteiger partial charge in [-0.3, -0.25) is 20.2 Å². The highest BCUT2D eigenvalue weighted by atomic mass is 32.2. The number of piperazine rings is 1. The molecule has 2 aliphatic rings. The van der Waals surface area contributed by atoms with Crippen molar-refractivity contribution in [3.8, 4) is 5.75 Å². The van der Waals surface area contributed by atoms with Crippen LogP contribution in [0.25, 0.3) is 0 Å². The van der Waals surface area contributed by atoms with Crippen molar-refractivity contribution < 1.29 is 9.53 Å². The zero-order chi connectivity index (χ0) is 20.9. The molecule has 0 bridgehead atoms. The number of carbonyl (C=O) groups excluding carboxylic acids is 1. The summed E-state index contributed by atoms with van der Waals surface area (Å²) < 4.78 is 5.95. The van der Waals surface area contributed by atoms with Gasteiger partial charge >= 0.3 is 0 Å². The number of hydrogen-bond acceptors (Lipinski definition) is 8. The monoisotopic (exact) mass is 424 g/mol. The fraction of sp³-hybridized carbons (Fsp3) is 0.333. The average molecular weight is 425 g/mol. The molecular weight excluding hydrogens is 400 g/mol. The second kappa shape index (κ2) is 9.27. The summed E-state index contributed by atoms with van der Waals surface area (Å²) in [6, 6.07) is 9.73. The number of anilines is 2. The smallest absolute Gasteiger partial charge is 0.280 e. The lowest BCUT2D eigenvalue weighted by Crippen LogP contribution is -2.43. The van der Waals surface area contributed by atoms with Crippen molar-refractivity contribution in [2.24, 2.45) is 4.99 Å². The van der Waals surface area contributed by atoms with Gasteiger partial charge in [-0.1, -0.05) is 18.2 Å². The third kappa shape index (κ3) is 4.47. The first-order chi connectivity index (χ1) is 14.7. The lowest BCUT2D eigenvalue weighted by Gasteiger charge is -2.30. The second-order valence-corrected chi connectivity index (χ2v) is 8.03. The Bertz CT molecular complexity index is 948. The second-order valence-electron chi connectivity index (χ2n) is 7.00. The van der Waals surface area contributed by atoms with E-state index in [1.165, 1.54) is 0 Å². The Morgan fingerprint density at radius 1 is 1.33 bits per heavy atom. The Morgan fingerprint density at radius 2 is 2.13 bits per heavy atom. The molecule has 1 unspecified atom stereocenters. The van der Waals surface area contributed by atoms with Crippen molar-refractivity contribution in [3.05, 3.63) is 48.3 Å². The number of hydrogen-bond donors (Lipinski definition) is 3. The molecule has 156 valence electrons. The Hall–Kier alpha value is -2.91. The Balaban J connectivity index is 1.40. The third-order valence-corrected chi connectivity index (χ3v) is 6.10. The van der Waals surface area contributed by atoms with Crippen molar-refractivity contribution in [3.63, 3.8) is 0 Å². The van der Waals surface area contributed by atoms with E-state index in [0.717, 1.165) is 54.9 Å². The Kier molecular flexibility index (Phi) is 6.29. The standard InChI is InChI=1S/C21H24N6O2S/c1-23-21(18-12-14-4-2-3-5-17(14)29-18)30-19(22)20(28)26-15-13-25-7-6-16(15)27-10-8-24-9-11-27/h2-7,13,18,22,24H,8-12H2,1H3,(H,26,28). The molecule has 0 spiro atoms. The molecule has 2 aliphatic heterocycles. The van der Waals surface area contributed by atoms with E-state index in [4.69, 9.17) is 10.1 Å². The molecule has 30 heavy (non-hydrogen) atoms. The molecule has 3 N–H and O–H groups in total. The lowest BCUT2D eigenvalue weighted by atomic mass is 10.1. The van der Waals surface area contributed by atoms with Gasteiger partial charge in [0.25, 0.3) is 5.91 Å². The number of carbonyl (C=O) groups is 1. The minimum atomic E-state index is -0.485. The predicted octanol–water partition coefficient (Wildman–Crippen LogP) is 2.17. The number of nitrogens with zero attached hydrogens (tertiary/aromatic N) is 3. The molecule has 0 saturated carbocycles. The van der Waals surface area contributed by atoms with Crippen LogP contribution in [-0.4, -0.2) is 60.3 Å². The van der Waals surface area contributed by atoms with E-state index in [1.54, 1.807) is 19.4 Å². The summed E-state index contributed by atoms with van der Waals surface area (Å²) in [6.07, 6.45) is 3.74. The maximum atomic E-state index is 12.7.